The number of hydrogen-bond acceptors (Lipinski definition) is 2. The highest BCUT2D eigenvalue weighted by atomic mass is 16.5. The molecule has 0 aliphatic carbocycles. The molecule has 0 rings (SSSR count). The Morgan fingerprint density at radius 1 is 0.846 bits per heavy atom. The molecule has 0 aromatic rings. The molecule has 1 N–H and O–H groups in total. The zero-order valence-electron chi connectivity index (χ0n) is 10.6. The van der Waals surface area contributed by atoms with Gasteiger partial charge in [0, 0.05) is 11.1 Å². The van der Waals surface area contributed by atoms with Crippen LogP contribution >= 0.6 is 0 Å². The van der Waals surface area contributed by atoms with Gasteiger partial charge in [0.1, 0.15) is 0 Å². The van der Waals surface area contributed by atoms with E-state index in [2.05, 4.69) is 13.8 Å². The molecule has 13 heavy (non-hydrogen) atoms. The molecule has 0 aromatic carbocycles. The smallest absolute Gasteiger partial charge is 0.0382 e. The van der Waals surface area contributed by atoms with Gasteiger partial charge < -0.3 is 5.21 Å². The summed E-state index contributed by atoms with van der Waals surface area (Å²) in [6, 6.07) is 0. The highest BCUT2D eigenvalue weighted by molar-refractivity contribution is 4.79. The van der Waals surface area contributed by atoms with Crippen molar-refractivity contribution in [2.24, 2.45) is 0 Å². The predicted octanol–water partition coefficient (Wildman–Crippen LogP) is 3.69. The van der Waals surface area contributed by atoms with Gasteiger partial charge in [0.25, 0.3) is 0 Å². The first-order valence-electron chi connectivity index (χ1n) is 5.06. The zero-order valence-corrected chi connectivity index (χ0v) is 10.6. The maximum absolute atomic E-state index is 9.56. The van der Waals surface area contributed by atoms with Gasteiger partial charge >= 0.3 is 0 Å². The Balaban J connectivity index is 0. The van der Waals surface area contributed by atoms with Crippen LogP contribution in [0, 0.1) is 0 Å². The SMILES string of the molecule is CC(C)(C)N(O)C(C)(C)C.CCC. The second kappa shape index (κ2) is 5.61. The van der Waals surface area contributed by atoms with Crippen molar-refractivity contribution in [2.75, 3.05) is 0 Å². The monoisotopic (exact) mass is 189 g/mol. The molecule has 0 aliphatic heterocycles. The number of rotatable bonds is 0. The summed E-state index contributed by atoms with van der Waals surface area (Å²) in [7, 11) is 0. The van der Waals surface area contributed by atoms with Gasteiger partial charge in [0.05, 0.1) is 0 Å². The van der Waals surface area contributed by atoms with Crippen molar-refractivity contribution >= 4 is 0 Å². The van der Waals surface area contributed by atoms with Crippen molar-refractivity contribution in [2.45, 2.75) is 72.9 Å². The van der Waals surface area contributed by atoms with E-state index in [1.165, 1.54) is 11.5 Å². The van der Waals surface area contributed by atoms with Gasteiger partial charge in [0.15, 0.2) is 0 Å². The molecule has 0 unspecified atom stereocenters. The van der Waals surface area contributed by atoms with Gasteiger partial charge in [-0.15, -0.1) is 0 Å². The van der Waals surface area contributed by atoms with E-state index >= 15 is 0 Å². The van der Waals surface area contributed by atoms with Gasteiger partial charge in [-0.2, -0.15) is 5.06 Å². The van der Waals surface area contributed by atoms with Crippen LogP contribution in [0.4, 0.5) is 0 Å². The molecule has 0 atom stereocenters. The fourth-order valence-corrected chi connectivity index (χ4v) is 1.01. The summed E-state index contributed by atoms with van der Waals surface area (Å²) >= 11 is 0. The van der Waals surface area contributed by atoms with Crippen LogP contribution in [0.5, 0.6) is 0 Å². The lowest BCUT2D eigenvalue weighted by Gasteiger charge is -2.39. The third-order valence-corrected chi connectivity index (χ3v) is 1.27. The van der Waals surface area contributed by atoms with Crippen LogP contribution in [-0.2, 0) is 0 Å². The fraction of sp³-hybridized carbons (Fsp3) is 1.00. The summed E-state index contributed by atoms with van der Waals surface area (Å²) in [5.41, 5.74) is -0.337. The zero-order chi connectivity index (χ0) is 11.3. The Morgan fingerprint density at radius 2 is 1.00 bits per heavy atom. The summed E-state index contributed by atoms with van der Waals surface area (Å²) in [5, 5.41) is 10.9. The van der Waals surface area contributed by atoms with E-state index in [0.717, 1.165) is 0 Å². The highest BCUT2D eigenvalue weighted by Gasteiger charge is 2.29. The second-order valence-electron chi connectivity index (χ2n) is 5.36. The van der Waals surface area contributed by atoms with Crippen molar-refractivity contribution in [1.82, 2.24) is 5.06 Å². The van der Waals surface area contributed by atoms with Crippen LogP contribution in [-0.4, -0.2) is 21.3 Å². The van der Waals surface area contributed by atoms with Crippen LogP contribution in [0.25, 0.3) is 0 Å². The van der Waals surface area contributed by atoms with Crippen molar-refractivity contribution < 1.29 is 5.21 Å². The minimum absolute atomic E-state index is 0.168. The van der Waals surface area contributed by atoms with E-state index in [4.69, 9.17) is 0 Å². The van der Waals surface area contributed by atoms with Gasteiger partial charge in [-0.05, 0) is 41.5 Å². The first-order valence-corrected chi connectivity index (χ1v) is 5.06. The number of hydrogen-bond donors (Lipinski definition) is 1. The predicted molar refractivity (Wildman–Crippen MR) is 59.1 cm³/mol. The Labute approximate surface area is 83.9 Å². The van der Waals surface area contributed by atoms with Gasteiger partial charge in [-0.3, -0.25) is 0 Å². The van der Waals surface area contributed by atoms with Crippen LogP contribution < -0.4 is 0 Å². The normalized spacial score (nSPS) is 12.5. The summed E-state index contributed by atoms with van der Waals surface area (Å²) < 4.78 is 0. The van der Waals surface area contributed by atoms with Crippen molar-refractivity contribution in [3.8, 4) is 0 Å². The molecule has 0 aromatic heterocycles. The number of nitrogens with zero attached hydrogens (tertiary/aromatic N) is 1. The van der Waals surface area contributed by atoms with E-state index in [0.29, 0.717) is 0 Å². The molecule has 0 aliphatic rings. The van der Waals surface area contributed by atoms with E-state index in [1.54, 1.807) is 0 Å². The summed E-state index contributed by atoms with van der Waals surface area (Å²) in [6.45, 7) is 16.2. The molecule has 0 amide bonds. The first kappa shape index (κ1) is 15.4. The molecule has 0 heterocycles. The summed E-state index contributed by atoms with van der Waals surface area (Å²) in [4.78, 5) is 0. The lowest BCUT2D eigenvalue weighted by molar-refractivity contribution is -0.212. The molecule has 82 valence electrons. The van der Waals surface area contributed by atoms with Gasteiger partial charge in [0.2, 0.25) is 0 Å². The molecular weight excluding hydrogens is 162 g/mol. The second-order valence-corrected chi connectivity index (χ2v) is 5.36. The lowest BCUT2D eigenvalue weighted by atomic mass is 10.0. The van der Waals surface area contributed by atoms with Crippen LogP contribution in [0.1, 0.15) is 61.8 Å². The topological polar surface area (TPSA) is 23.5 Å². The Morgan fingerprint density at radius 3 is 1.00 bits per heavy atom. The molecule has 0 saturated heterocycles. The highest BCUT2D eigenvalue weighted by Crippen LogP contribution is 2.20. The average Bonchev–Trinajstić information content (AvgIpc) is 1.84. The Kier molecular flexibility index (Phi) is 6.64. The third kappa shape index (κ3) is 8.26. The van der Waals surface area contributed by atoms with Crippen molar-refractivity contribution in [1.29, 1.82) is 0 Å². The van der Waals surface area contributed by atoms with Crippen molar-refractivity contribution in [3.05, 3.63) is 0 Å². The summed E-state index contributed by atoms with van der Waals surface area (Å²) in [5.74, 6) is 0. The van der Waals surface area contributed by atoms with Crippen LogP contribution in [0.3, 0.4) is 0 Å². The van der Waals surface area contributed by atoms with Gasteiger partial charge in [-0.25, -0.2) is 0 Å². The maximum Gasteiger partial charge on any atom is 0.0382 e. The summed E-state index contributed by atoms with van der Waals surface area (Å²) in [6.07, 6.45) is 1.25. The largest absolute Gasteiger partial charge is 0.313 e. The van der Waals surface area contributed by atoms with Crippen LogP contribution in [0.2, 0.25) is 0 Å². The molecule has 0 bridgehead atoms. The average molecular weight is 189 g/mol. The van der Waals surface area contributed by atoms with E-state index in [-0.39, 0.29) is 11.1 Å². The number of hydroxylamine groups is 2. The lowest BCUT2D eigenvalue weighted by Crippen LogP contribution is -2.50. The van der Waals surface area contributed by atoms with Crippen LogP contribution in [0.15, 0.2) is 0 Å². The minimum Gasteiger partial charge on any atom is -0.313 e. The Bertz CT molecular complexity index is 105. The fourth-order valence-electron chi connectivity index (χ4n) is 1.01. The van der Waals surface area contributed by atoms with Gasteiger partial charge in [-0.1, -0.05) is 20.3 Å². The molecule has 0 saturated carbocycles. The minimum atomic E-state index is -0.168. The van der Waals surface area contributed by atoms with E-state index in [9.17, 15) is 5.21 Å². The molecule has 0 spiro atoms. The standard InChI is InChI=1S/C8H19NO.C3H8/c1-7(2,3)9(10)8(4,5)6;1-3-2/h10H,1-6H3;3H2,1-2H3. The molecular formula is C11H27NO. The third-order valence-electron chi connectivity index (χ3n) is 1.27. The Hall–Kier alpha value is -0.0800. The maximum atomic E-state index is 9.56. The van der Waals surface area contributed by atoms with E-state index < -0.39 is 0 Å². The molecule has 0 fully saturated rings. The quantitative estimate of drug-likeness (QED) is 0.587. The van der Waals surface area contributed by atoms with Crippen molar-refractivity contribution in [3.63, 3.8) is 0 Å². The van der Waals surface area contributed by atoms with E-state index in [1.807, 2.05) is 41.5 Å². The molecule has 2 heteroatoms. The first-order chi connectivity index (χ1) is 5.57. The molecule has 2 nitrogen and oxygen atoms in total. The molecule has 0 radical (unpaired) electrons.